The molecule has 0 aromatic carbocycles. The van der Waals surface area contributed by atoms with Crippen molar-refractivity contribution in [1.29, 1.82) is 0 Å². The largest absolute Gasteiger partial charge is 0.356 e. The number of hydrogen-bond acceptors (Lipinski definition) is 5. The average Bonchev–Trinajstić information content (AvgIpc) is 2.53. The van der Waals surface area contributed by atoms with E-state index in [2.05, 4.69) is 47.8 Å². The number of anilines is 1. The van der Waals surface area contributed by atoms with E-state index in [1.165, 1.54) is 0 Å². The topological polar surface area (TPSA) is 44.3 Å². The molecule has 1 aromatic heterocycles. The molecule has 1 N–H and O–H groups in total. The van der Waals surface area contributed by atoms with Gasteiger partial charge in [0.15, 0.2) is 0 Å². The predicted molar refractivity (Wildman–Crippen MR) is 89.7 cm³/mol. The molecule has 0 atom stereocenters. The third-order valence-corrected chi connectivity index (χ3v) is 3.73. The normalized spacial score (nSPS) is 11.1. The fourth-order valence-electron chi connectivity index (χ4n) is 2.35. The van der Waals surface area contributed by atoms with Crippen molar-refractivity contribution < 1.29 is 0 Å². The van der Waals surface area contributed by atoms with Gasteiger partial charge in [0.2, 0.25) is 0 Å². The van der Waals surface area contributed by atoms with Crippen LogP contribution in [0.25, 0.3) is 0 Å². The summed E-state index contributed by atoms with van der Waals surface area (Å²) in [4.78, 5) is 13.8. The quantitative estimate of drug-likeness (QED) is 0.677. The predicted octanol–water partition coefficient (Wildman–Crippen LogP) is 2.14. The molecule has 0 spiro atoms. The van der Waals surface area contributed by atoms with E-state index in [0.717, 1.165) is 63.7 Å². The summed E-state index contributed by atoms with van der Waals surface area (Å²) in [6, 6.07) is 0. The fraction of sp³-hybridized carbons (Fsp3) is 0.750. The van der Waals surface area contributed by atoms with Crippen LogP contribution in [0.4, 0.5) is 5.82 Å². The molecule has 0 amide bonds. The van der Waals surface area contributed by atoms with Crippen LogP contribution in [0.5, 0.6) is 0 Å². The first-order chi connectivity index (χ1) is 10.2. The summed E-state index contributed by atoms with van der Waals surface area (Å²) in [7, 11) is 0. The molecule has 0 saturated heterocycles. The lowest BCUT2D eigenvalue weighted by molar-refractivity contribution is 0.300. The van der Waals surface area contributed by atoms with Crippen LogP contribution in [-0.2, 0) is 6.54 Å². The molecule has 21 heavy (non-hydrogen) atoms. The number of nitrogens with one attached hydrogen (secondary N) is 1. The molecule has 0 radical (unpaired) electrons. The van der Waals surface area contributed by atoms with Crippen LogP contribution in [0.1, 0.15) is 39.8 Å². The molecule has 0 unspecified atom stereocenters. The van der Waals surface area contributed by atoms with Crippen LogP contribution < -0.4 is 10.2 Å². The molecule has 0 aliphatic carbocycles. The third-order valence-electron chi connectivity index (χ3n) is 3.73. The summed E-state index contributed by atoms with van der Waals surface area (Å²) in [6.45, 7) is 15.9. The maximum atomic E-state index is 4.71. The van der Waals surface area contributed by atoms with Gasteiger partial charge >= 0.3 is 0 Å². The van der Waals surface area contributed by atoms with Crippen molar-refractivity contribution in [2.75, 3.05) is 44.2 Å². The Morgan fingerprint density at radius 2 is 1.76 bits per heavy atom. The van der Waals surface area contributed by atoms with Crippen LogP contribution in [0.3, 0.4) is 0 Å². The number of nitrogens with zero attached hydrogens (tertiary/aromatic N) is 4. The summed E-state index contributed by atoms with van der Waals surface area (Å²) >= 11 is 0. The Morgan fingerprint density at radius 1 is 1.00 bits per heavy atom. The van der Waals surface area contributed by atoms with E-state index in [-0.39, 0.29) is 0 Å². The highest BCUT2D eigenvalue weighted by Crippen LogP contribution is 2.10. The van der Waals surface area contributed by atoms with E-state index in [0.29, 0.717) is 0 Å². The second-order valence-electron chi connectivity index (χ2n) is 5.11. The van der Waals surface area contributed by atoms with Crippen LogP contribution in [0.2, 0.25) is 0 Å². The molecular weight excluding hydrogens is 262 g/mol. The molecule has 120 valence electrons. The van der Waals surface area contributed by atoms with Crippen molar-refractivity contribution in [3.63, 3.8) is 0 Å². The minimum absolute atomic E-state index is 0.786. The van der Waals surface area contributed by atoms with Crippen molar-refractivity contribution in [3.8, 4) is 0 Å². The number of rotatable bonds is 11. The van der Waals surface area contributed by atoms with Gasteiger partial charge in [-0.15, -0.1) is 0 Å². The van der Waals surface area contributed by atoms with Crippen LogP contribution in [0, 0.1) is 0 Å². The van der Waals surface area contributed by atoms with Gasteiger partial charge in [-0.1, -0.05) is 20.8 Å². The van der Waals surface area contributed by atoms with Crippen LogP contribution in [-0.4, -0.2) is 54.1 Å². The van der Waals surface area contributed by atoms with Gasteiger partial charge in [0.1, 0.15) is 5.82 Å². The lowest BCUT2D eigenvalue weighted by atomic mass is 10.3. The molecule has 0 saturated carbocycles. The van der Waals surface area contributed by atoms with Gasteiger partial charge in [0, 0.05) is 25.8 Å². The van der Waals surface area contributed by atoms with Gasteiger partial charge in [0.05, 0.1) is 11.9 Å². The van der Waals surface area contributed by atoms with Gasteiger partial charge in [-0.2, -0.15) is 0 Å². The van der Waals surface area contributed by atoms with Crippen LogP contribution in [0.15, 0.2) is 12.4 Å². The SMILES string of the molecule is CCNCc1cncc(N(CC)CCCN(CC)CC)n1. The first-order valence-corrected chi connectivity index (χ1v) is 8.23. The fourth-order valence-corrected chi connectivity index (χ4v) is 2.35. The molecule has 0 bridgehead atoms. The first kappa shape index (κ1) is 17.9. The summed E-state index contributed by atoms with van der Waals surface area (Å²) in [6.07, 6.45) is 4.88. The second-order valence-corrected chi connectivity index (χ2v) is 5.11. The van der Waals surface area contributed by atoms with Crippen molar-refractivity contribution in [2.45, 2.75) is 40.7 Å². The van der Waals surface area contributed by atoms with Crippen molar-refractivity contribution in [2.24, 2.45) is 0 Å². The molecule has 1 rings (SSSR count). The van der Waals surface area contributed by atoms with Gasteiger partial charge in [0.25, 0.3) is 0 Å². The summed E-state index contributed by atoms with van der Waals surface area (Å²) in [5, 5.41) is 3.29. The lowest BCUT2D eigenvalue weighted by Crippen LogP contribution is -2.30. The van der Waals surface area contributed by atoms with Crippen LogP contribution >= 0.6 is 0 Å². The highest BCUT2D eigenvalue weighted by molar-refractivity contribution is 5.35. The van der Waals surface area contributed by atoms with E-state index in [1.54, 1.807) is 0 Å². The van der Waals surface area contributed by atoms with Crippen molar-refractivity contribution in [1.82, 2.24) is 20.2 Å². The van der Waals surface area contributed by atoms with Gasteiger partial charge in [-0.3, -0.25) is 4.98 Å². The van der Waals surface area contributed by atoms with Crippen molar-refractivity contribution in [3.05, 3.63) is 18.1 Å². The van der Waals surface area contributed by atoms with Gasteiger partial charge < -0.3 is 15.1 Å². The molecular formula is C16H31N5. The Hall–Kier alpha value is -1.20. The lowest BCUT2D eigenvalue weighted by Gasteiger charge is -2.24. The van der Waals surface area contributed by atoms with E-state index in [9.17, 15) is 0 Å². The molecule has 0 aliphatic rings. The van der Waals surface area contributed by atoms with E-state index < -0.39 is 0 Å². The number of aromatic nitrogens is 2. The zero-order chi connectivity index (χ0) is 15.5. The smallest absolute Gasteiger partial charge is 0.147 e. The maximum absolute atomic E-state index is 4.71. The summed E-state index contributed by atoms with van der Waals surface area (Å²) < 4.78 is 0. The molecule has 0 aliphatic heterocycles. The molecule has 0 fully saturated rings. The van der Waals surface area contributed by atoms with Crippen molar-refractivity contribution >= 4 is 5.82 Å². The number of hydrogen-bond donors (Lipinski definition) is 1. The minimum atomic E-state index is 0.786. The van der Waals surface area contributed by atoms with E-state index in [4.69, 9.17) is 4.98 Å². The average molecular weight is 293 g/mol. The monoisotopic (exact) mass is 293 g/mol. The maximum Gasteiger partial charge on any atom is 0.147 e. The van der Waals surface area contributed by atoms with Gasteiger partial charge in [-0.25, -0.2) is 4.98 Å². The standard InChI is InChI=1S/C16H31N5/c1-5-17-12-15-13-18-14-16(19-15)21(8-4)11-9-10-20(6-2)7-3/h13-14,17H,5-12H2,1-4H3. The molecule has 1 heterocycles. The third kappa shape index (κ3) is 6.40. The second kappa shape index (κ2) is 10.5. The molecule has 5 nitrogen and oxygen atoms in total. The Balaban J connectivity index is 2.54. The molecule has 5 heteroatoms. The van der Waals surface area contributed by atoms with E-state index >= 15 is 0 Å². The minimum Gasteiger partial charge on any atom is -0.356 e. The first-order valence-electron chi connectivity index (χ1n) is 8.23. The Bertz CT molecular complexity index is 379. The van der Waals surface area contributed by atoms with E-state index in [1.807, 2.05) is 12.4 Å². The highest BCUT2D eigenvalue weighted by atomic mass is 15.2. The summed E-state index contributed by atoms with van der Waals surface area (Å²) in [5.41, 5.74) is 1.01. The molecule has 1 aromatic rings. The Kier molecular flexibility index (Phi) is 8.94. The highest BCUT2D eigenvalue weighted by Gasteiger charge is 2.08. The van der Waals surface area contributed by atoms with Gasteiger partial charge in [-0.05, 0) is 39.5 Å². The zero-order valence-corrected chi connectivity index (χ0v) is 14.1. The Labute approximate surface area is 129 Å². The Morgan fingerprint density at radius 3 is 2.38 bits per heavy atom. The summed E-state index contributed by atoms with van der Waals surface area (Å²) in [5.74, 6) is 0.993. The zero-order valence-electron chi connectivity index (χ0n) is 14.1.